The molecule has 104 valence electrons. The molecule has 2 rings (SSSR count). The van der Waals surface area contributed by atoms with Gasteiger partial charge in [0.2, 0.25) is 0 Å². The molecule has 2 heterocycles. The van der Waals surface area contributed by atoms with Crippen LogP contribution in [-0.2, 0) is 4.79 Å². The summed E-state index contributed by atoms with van der Waals surface area (Å²) in [5.41, 5.74) is -1.65. The number of imidazole rings is 1. The Bertz CT molecular complexity index is 735. The van der Waals surface area contributed by atoms with Gasteiger partial charge in [-0.25, -0.2) is 14.4 Å². The lowest BCUT2D eigenvalue weighted by Crippen LogP contribution is -2.21. The topological polar surface area (TPSA) is 172 Å². The first-order chi connectivity index (χ1) is 8.85. The molecule has 1 unspecified atom stereocenters. The molecule has 0 bridgehead atoms. The van der Waals surface area contributed by atoms with Crippen LogP contribution in [0.2, 0.25) is 0 Å². The first kappa shape index (κ1) is 14.4. The van der Waals surface area contributed by atoms with Crippen LogP contribution in [0.1, 0.15) is 13.3 Å². The number of fused-ring (bicyclic) bond motifs is 1. The third-order valence-corrected chi connectivity index (χ3v) is 2.09. The molecule has 0 aromatic carbocycles. The molecule has 2 aromatic rings. The molecule has 0 fully saturated rings. The van der Waals surface area contributed by atoms with E-state index in [0.29, 0.717) is 0 Å². The lowest BCUT2D eigenvalue weighted by Gasteiger charge is -1.95. The Hall–Kier alpha value is -2.62. The molecule has 0 amide bonds. The molecule has 0 spiro atoms. The minimum absolute atomic E-state index is 0.0413. The van der Waals surface area contributed by atoms with Crippen LogP contribution >= 0.6 is 0 Å². The predicted molar refractivity (Wildman–Crippen MR) is 64.1 cm³/mol. The van der Waals surface area contributed by atoms with E-state index in [4.69, 9.17) is 10.2 Å². The van der Waals surface area contributed by atoms with Gasteiger partial charge in [-0.3, -0.25) is 24.7 Å². The second-order valence-electron chi connectivity index (χ2n) is 3.50. The molecule has 0 saturated heterocycles. The standard InChI is InChI=1S/C5H4N4O3.C4H8O3/c10-3-1-2(7-4(11)6-1)8-5(12)9-3;1-2-3(5)4(6)7/h(H4,6,7,8,9,10,11,12);3,5H,2H2,1H3,(H,6,7). The summed E-state index contributed by atoms with van der Waals surface area (Å²) in [5, 5.41) is 16.3. The number of H-pyrrole nitrogens is 4. The first-order valence-corrected chi connectivity index (χ1v) is 5.20. The summed E-state index contributed by atoms with van der Waals surface area (Å²) in [4.78, 5) is 50.7. The SMILES string of the molecule is CCC(O)C(=O)O.O=c1[nH]c(=O)c2[nH]c(=O)[nH]c2[nH]1. The average molecular weight is 272 g/mol. The van der Waals surface area contributed by atoms with E-state index < -0.39 is 29.0 Å². The summed E-state index contributed by atoms with van der Waals surface area (Å²) in [5.74, 6) is -1.15. The third-order valence-electron chi connectivity index (χ3n) is 2.09. The lowest BCUT2D eigenvalue weighted by molar-refractivity contribution is -0.146. The van der Waals surface area contributed by atoms with Crippen molar-refractivity contribution in [3.63, 3.8) is 0 Å². The number of aromatic amines is 4. The minimum Gasteiger partial charge on any atom is -0.479 e. The number of nitrogens with one attached hydrogen (secondary N) is 4. The van der Waals surface area contributed by atoms with Gasteiger partial charge in [0, 0.05) is 0 Å². The van der Waals surface area contributed by atoms with E-state index in [0.717, 1.165) is 0 Å². The molecule has 10 heteroatoms. The number of aliphatic carboxylic acids is 1. The van der Waals surface area contributed by atoms with Gasteiger partial charge in [0.1, 0.15) is 11.2 Å². The second kappa shape index (κ2) is 5.82. The van der Waals surface area contributed by atoms with Crippen molar-refractivity contribution in [3.05, 3.63) is 31.3 Å². The Morgan fingerprint density at radius 1 is 1.11 bits per heavy atom. The number of aliphatic hydroxyl groups excluding tert-OH is 1. The second-order valence-corrected chi connectivity index (χ2v) is 3.50. The predicted octanol–water partition coefficient (Wildman–Crippen LogP) is -1.93. The zero-order chi connectivity index (χ0) is 14.6. The fraction of sp³-hybridized carbons (Fsp3) is 0.333. The summed E-state index contributed by atoms with van der Waals surface area (Å²) in [6.07, 6.45) is -0.907. The van der Waals surface area contributed by atoms with Gasteiger partial charge in [0.15, 0.2) is 6.10 Å². The molecule has 6 N–H and O–H groups in total. The number of hydrogen-bond acceptors (Lipinski definition) is 5. The summed E-state index contributed by atoms with van der Waals surface area (Å²) >= 11 is 0. The highest BCUT2D eigenvalue weighted by atomic mass is 16.4. The van der Waals surface area contributed by atoms with Gasteiger partial charge in [-0.2, -0.15) is 0 Å². The quantitative estimate of drug-likeness (QED) is 0.371. The zero-order valence-corrected chi connectivity index (χ0v) is 9.81. The van der Waals surface area contributed by atoms with Crippen molar-refractivity contribution < 1.29 is 15.0 Å². The fourth-order valence-corrected chi connectivity index (χ4v) is 1.13. The largest absolute Gasteiger partial charge is 0.479 e. The minimum atomic E-state index is -1.18. The van der Waals surface area contributed by atoms with Crippen LogP contribution in [0.25, 0.3) is 11.2 Å². The molecular formula is C9H12N4O6. The van der Waals surface area contributed by atoms with E-state index in [-0.39, 0.29) is 17.6 Å². The number of aliphatic hydroxyl groups is 1. The Morgan fingerprint density at radius 3 is 2.05 bits per heavy atom. The van der Waals surface area contributed by atoms with E-state index in [9.17, 15) is 19.2 Å². The van der Waals surface area contributed by atoms with Crippen molar-refractivity contribution in [1.29, 1.82) is 0 Å². The van der Waals surface area contributed by atoms with Crippen LogP contribution in [-0.4, -0.2) is 42.2 Å². The van der Waals surface area contributed by atoms with Crippen LogP contribution < -0.4 is 16.9 Å². The Kier molecular flexibility index (Phi) is 4.42. The van der Waals surface area contributed by atoms with Crippen molar-refractivity contribution in [3.8, 4) is 0 Å². The molecule has 19 heavy (non-hydrogen) atoms. The highest BCUT2D eigenvalue weighted by molar-refractivity contribution is 5.71. The van der Waals surface area contributed by atoms with Crippen LogP contribution in [0.15, 0.2) is 14.4 Å². The number of hydrogen-bond donors (Lipinski definition) is 6. The van der Waals surface area contributed by atoms with E-state index in [1.54, 1.807) is 6.92 Å². The van der Waals surface area contributed by atoms with Gasteiger partial charge in [-0.05, 0) is 6.42 Å². The van der Waals surface area contributed by atoms with Crippen LogP contribution in [0, 0.1) is 0 Å². The van der Waals surface area contributed by atoms with Crippen molar-refractivity contribution in [2.45, 2.75) is 19.4 Å². The van der Waals surface area contributed by atoms with Gasteiger partial charge in [0.05, 0.1) is 0 Å². The molecular weight excluding hydrogens is 260 g/mol. The van der Waals surface area contributed by atoms with E-state index >= 15 is 0 Å². The molecule has 0 aliphatic rings. The van der Waals surface area contributed by atoms with Crippen LogP contribution in [0.4, 0.5) is 0 Å². The van der Waals surface area contributed by atoms with E-state index in [1.807, 2.05) is 4.98 Å². The summed E-state index contributed by atoms with van der Waals surface area (Å²) in [6.45, 7) is 1.61. The van der Waals surface area contributed by atoms with E-state index in [2.05, 4.69) is 15.0 Å². The fourth-order valence-electron chi connectivity index (χ4n) is 1.13. The average Bonchev–Trinajstić information content (AvgIpc) is 2.69. The maximum atomic E-state index is 10.9. The van der Waals surface area contributed by atoms with Crippen LogP contribution in [0.5, 0.6) is 0 Å². The normalized spacial score (nSPS) is 11.7. The molecule has 10 nitrogen and oxygen atoms in total. The molecule has 0 radical (unpaired) electrons. The van der Waals surface area contributed by atoms with Crippen molar-refractivity contribution in [2.24, 2.45) is 0 Å². The molecule has 0 aliphatic heterocycles. The van der Waals surface area contributed by atoms with Crippen molar-refractivity contribution in [1.82, 2.24) is 19.9 Å². The van der Waals surface area contributed by atoms with Crippen LogP contribution in [0.3, 0.4) is 0 Å². The molecule has 2 aromatic heterocycles. The smallest absolute Gasteiger partial charge is 0.332 e. The molecule has 0 aliphatic carbocycles. The third kappa shape index (κ3) is 3.67. The van der Waals surface area contributed by atoms with Gasteiger partial charge < -0.3 is 10.2 Å². The Balaban J connectivity index is 0.000000224. The highest BCUT2D eigenvalue weighted by Crippen LogP contribution is 1.88. The van der Waals surface area contributed by atoms with Gasteiger partial charge in [0.25, 0.3) is 5.56 Å². The van der Waals surface area contributed by atoms with Gasteiger partial charge in [-0.1, -0.05) is 6.92 Å². The number of aromatic nitrogens is 4. The van der Waals surface area contributed by atoms with Gasteiger partial charge in [-0.15, -0.1) is 0 Å². The molecule has 0 saturated carbocycles. The maximum Gasteiger partial charge on any atom is 0.332 e. The summed E-state index contributed by atoms with van der Waals surface area (Å²) in [6, 6.07) is 0. The van der Waals surface area contributed by atoms with Crippen molar-refractivity contribution in [2.75, 3.05) is 0 Å². The number of carbonyl (C=O) groups is 1. The van der Waals surface area contributed by atoms with Gasteiger partial charge >= 0.3 is 17.3 Å². The molecule has 1 atom stereocenters. The first-order valence-electron chi connectivity index (χ1n) is 5.20. The summed E-state index contributed by atoms with van der Waals surface area (Å²) < 4.78 is 0. The highest BCUT2D eigenvalue weighted by Gasteiger charge is 2.07. The van der Waals surface area contributed by atoms with Crippen molar-refractivity contribution >= 4 is 17.1 Å². The number of carboxylic acids is 1. The monoisotopic (exact) mass is 272 g/mol. The van der Waals surface area contributed by atoms with E-state index in [1.165, 1.54) is 0 Å². The Labute approximate surface area is 104 Å². The Morgan fingerprint density at radius 2 is 1.63 bits per heavy atom. The zero-order valence-electron chi connectivity index (χ0n) is 9.81. The lowest BCUT2D eigenvalue weighted by atomic mass is 10.3. The summed E-state index contributed by atoms with van der Waals surface area (Å²) in [7, 11) is 0. The maximum absolute atomic E-state index is 10.9. The number of carboxylic acid groups (broad SMARTS) is 1. The number of rotatable bonds is 2.